The first-order chi connectivity index (χ1) is 15.2. The van der Waals surface area contributed by atoms with Gasteiger partial charge in [0, 0.05) is 19.1 Å². The lowest BCUT2D eigenvalue weighted by Crippen LogP contribution is -2.46. The molecule has 0 N–H and O–H groups in total. The average molecular weight is 454 g/mol. The molecule has 172 valence electrons. The Morgan fingerprint density at radius 1 is 0.875 bits per heavy atom. The number of halogens is 5. The molecule has 2 aromatic carbocycles. The molecule has 0 radical (unpaired) electrons. The number of amides is 1. The number of nitrogens with zero attached hydrogens (tertiary/aromatic N) is 2. The molecule has 0 bridgehead atoms. The summed E-state index contributed by atoms with van der Waals surface area (Å²) in [7, 11) is 0. The number of hydrogen-bond acceptors (Lipinski definition) is 3. The molecule has 2 aliphatic heterocycles. The Morgan fingerprint density at radius 3 is 1.97 bits per heavy atom. The molecule has 2 fully saturated rings. The van der Waals surface area contributed by atoms with Crippen LogP contribution in [0.5, 0.6) is 5.75 Å². The Labute approximate surface area is 182 Å². The van der Waals surface area contributed by atoms with Crippen molar-refractivity contribution in [3.05, 3.63) is 53.6 Å². The van der Waals surface area contributed by atoms with Crippen molar-refractivity contribution in [2.75, 3.05) is 26.2 Å². The Bertz CT molecular complexity index is 940. The van der Waals surface area contributed by atoms with Crippen LogP contribution in [-0.4, -0.2) is 54.3 Å². The largest absolute Gasteiger partial charge is 0.573 e. The fourth-order valence-electron chi connectivity index (χ4n) is 4.49. The maximum atomic E-state index is 14.8. The third-order valence-corrected chi connectivity index (χ3v) is 6.09. The molecule has 0 saturated carbocycles. The third-order valence-electron chi connectivity index (χ3n) is 6.09. The normalized spacial score (nSPS) is 18.2. The zero-order chi connectivity index (χ0) is 22.9. The molecular weight excluding hydrogens is 431 g/mol. The quantitative estimate of drug-likeness (QED) is 0.593. The topological polar surface area (TPSA) is 32.8 Å². The zero-order valence-electron chi connectivity index (χ0n) is 17.3. The number of rotatable bonds is 4. The molecule has 32 heavy (non-hydrogen) atoms. The van der Waals surface area contributed by atoms with Crippen molar-refractivity contribution < 1.29 is 31.5 Å². The smallest absolute Gasteiger partial charge is 0.406 e. The molecule has 0 aromatic heterocycles. The second-order valence-electron chi connectivity index (χ2n) is 8.15. The van der Waals surface area contributed by atoms with Crippen LogP contribution >= 0.6 is 0 Å². The lowest BCUT2D eigenvalue weighted by atomic mass is 10.00. The Kier molecular flexibility index (Phi) is 6.37. The van der Waals surface area contributed by atoms with Gasteiger partial charge in [0.15, 0.2) is 0 Å². The van der Waals surface area contributed by atoms with Gasteiger partial charge in [-0.25, -0.2) is 8.78 Å². The molecule has 0 atom stereocenters. The van der Waals surface area contributed by atoms with Gasteiger partial charge in [-0.3, -0.25) is 4.79 Å². The highest BCUT2D eigenvalue weighted by Gasteiger charge is 2.32. The van der Waals surface area contributed by atoms with Crippen LogP contribution < -0.4 is 4.74 Å². The third kappa shape index (κ3) is 5.03. The lowest BCUT2D eigenvalue weighted by molar-refractivity contribution is -0.274. The van der Waals surface area contributed by atoms with E-state index in [9.17, 15) is 26.7 Å². The highest BCUT2D eigenvalue weighted by molar-refractivity contribution is 5.95. The van der Waals surface area contributed by atoms with Gasteiger partial charge < -0.3 is 14.5 Å². The van der Waals surface area contributed by atoms with Crippen LogP contribution in [0.4, 0.5) is 22.0 Å². The molecule has 4 rings (SSSR count). The lowest BCUT2D eigenvalue weighted by Gasteiger charge is -2.36. The van der Waals surface area contributed by atoms with E-state index in [1.807, 2.05) is 0 Å². The highest BCUT2D eigenvalue weighted by atomic mass is 19.4. The summed E-state index contributed by atoms with van der Waals surface area (Å²) in [5, 5.41) is 0. The van der Waals surface area contributed by atoms with Gasteiger partial charge in [0.2, 0.25) is 0 Å². The van der Waals surface area contributed by atoms with Gasteiger partial charge in [0.25, 0.3) is 5.91 Å². The predicted molar refractivity (Wildman–Crippen MR) is 108 cm³/mol. The van der Waals surface area contributed by atoms with E-state index in [0.29, 0.717) is 24.7 Å². The second-order valence-corrected chi connectivity index (χ2v) is 8.15. The minimum absolute atomic E-state index is 0.114. The van der Waals surface area contributed by atoms with E-state index < -0.39 is 35.2 Å². The van der Waals surface area contributed by atoms with Gasteiger partial charge in [0.05, 0.1) is 0 Å². The van der Waals surface area contributed by atoms with Crippen molar-refractivity contribution in [2.24, 2.45) is 0 Å². The van der Waals surface area contributed by atoms with Gasteiger partial charge >= 0.3 is 6.36 Å². The maximum absolute atomic E-state index is 14.8. The first-order valence-electron chi connectivity index (χ1n) is 10.6. The van der Waals surface area contributed by atoms with Crippen LogP contribution in [0, 0.1) is 11.6 Å². The number of benzene rings is 2. The Morgan fingerprint density at radius 2 is 1.44 bits per heavy atom. The number of hydrogen-bond donors (Lipinski definition) is 0. The molecule has 0 unspecified atom stereocenters. The van der Waals surface area contributed by atoms with Crippen LogP contribution in [0.1, 0.15) is 36.0 Å². The minimum Gasteiger partial charge on any atom is -0.406 e. The fourth-order valence-corrected chi connectivity index (χ4v) is 4.49. The molecule has 2 heterocycles. The van der Waals surface area contributed by atoms with E-state index >= 15 is 0 Å². The summed E-state index contributed by atoms with van der Waals surface area (Å²) < 4.78 is 70.2. The van der Waals surface area contributed by atoms with Crippen molar-refractivity contribution in [1.29, 1.82) is 0 Å². The second kappa shape index (κ2) is 9.05. The van der Waals surface area contributed by atoms with Crippen molar-refractivity contribution in [1.82, 2.24) is 9.80 Å². The van der Waals surface area contributed by atoms with E-state index in [-0.39, 0.29) is 5.56 Å². The summed E-state index contributed by atoms with van der Waals surface area (Å²) in [5.74, 6) is -3.11. The minimum atomic E-state index is -4.83. The summed E-state index contributed by atoms with van der Waals surface area (Å²) in [5.41, 5.74) is -0.198. The molecule has 2 saturated heterocycles. The van der Waals surface area contributed by atoms with E-state index in [2.05, 4.69) is 9.64 Å². The number of ether oxygens (including phenoxy) is 1. The SMILES string of the molecule is O=C(c1c(F)cc(-c2ccc(OC(F)(F)F)cc2)cc1F)N1CCC(N2CCCC2)CC1. The van der Waals surface area contributed by atoms with E-state index in [1.54, 1.807) is 0 Å². The van der Waals surface area contributed by atoms with Crippen LogP contribution in [0.15, 0.2) is 36.4 Å². The van der Waals surface area contributed by atoms with Gasteiger partial charge in [-0.15, -0.1) is 13.2 Å². The van der Waals surface area contributed by atoms with Gasteiger partial charge in [-0.1, -0.05) is 12.1 Å². The van der Waals surface area contributed by atoms with Gasteiger partial charge in [-0.05, 0) is 74.2 Å². The summed E-state index contributed by atoms with van der Waals surface area (Å²) in [6, 6.07) is 7.09. The van der Waals surface area contributed by atoms with E-state index in [0.717, 1.165) is 50.2 Å². The summed E-state index contributed by atoms with van der Waals surface area (Å²) >= 11 is 0. The molecule has 2 aliphatic rings. The molecule has 9 heteroatoms. The summed E-state index contributed by atoms with van der Waals surface area (Å²) in [4.78, 5) is 16.7. The highest BCUT2D eigenvalue weighted by Crippen LogP contribution is 2.30. The number of alkyl halides is 3. The van der Waals surface area contributed by atoms with Crippen molar-refractivity contribution in [3.8, 4) is 16.9 Å². The van der Waals surface area contributed by atoms with Crippen LogP contribution in [0.2, 0.25) is 0 Å². The van der Waals surface area contributed by atoms with Crippen molar-refractivity contribution in [2.45, 2.75) is 38.1 Å². The first kappa shape index (κ1) is 22.5. The Balaban J connectivity index is 1.46. The predicted octanol–water partition coefficient (Wildman–Crippen LogP) is 5.23. The molecule has 0 aliphatic carbocycles. The zero-order valence-corrected chi connectivity index (χ0v) is 17.3. The number of likely N-dealkylation sites (tertiary alicyclic amines) is 2. The molecular formula is C23H23F5N2O2. The maximum Gasteiger partial charge on any atom is 0.573 e. The Hall–Kier alpha value is -2.68. The first-order valence-corrected chi connectivity index (χ1v) is 10.6. The summed E-state index contributed by atoms with van der Waals surface area (Å²) in [6.07, 6.45) is -0.913. The molecule has 4 nitrogen and oxygen atoms in total. The monoisotopic (exact) mass is 454 g/mol. The van der Waals surface area contributed by atoms with E-state index in [4.69, 9.17) is 0 Å². The average Bonchev–Trinajstić information content (AvgIpc) is 3.27. The van der Waals surface area contributed by atoms with Crippen LogP contribution in [0.25, 0.3) is 11.1 Å². The fraction of sp³-hybridized carbons (Fsp3) is 0.435. The van der Waals surface area contributed by atoms with Crippen molar-refractivity contribution >= 4 is 5.91 Å². The van der Waals surface area contributed by atoms with Crippen LogP contribution in [-0.2, 0) is 0 Å². The number of carbonyl (C=O) groups excluding carboxylic acids is 1. The number of carbonyl (C=O) groups is 1. The molecule has 1 amide bonds. The molecule has 0 spiro atoms. The van der Waals surface area contributed by atoms with Crippen LogP contribution in [0.3, 0.4) is 0 Å². The summed E-state index contributed by atoms with van der Waals surface area (Å²) in [6.45, 7) is 3.02. The van der Waals surface area contributed by atoms with E-state index in [1.165, 1.54) is 29.9 Å². The molecule has 2 aromatic rings. The van der Waals surface area contributed by atoms with Crippen molar-refractivity contribution in [3.63, 3.8) is 0 Å². The standard InChI is InChI=1S/C23H23F5N2O2/c24-19-13-16(15-3-5-18(6-4-15)32-23(26,27)28)14-20(25)21(19)22(31)30-11-7-17(8-12-30)29-9-1-2-10-29/h3-6,13-14,17H,1-2,7-12H2. The van der Waals surface area contributed by atoms with Gasteiger partial charge in [-0.2, -0.15) is 0 Å². The number of piperidine rings is 1. The van der Waals surface area contributed by atoms with Gasteiger partial charge in [0.1, 0.15) is 22.9 Å².